The lowest BCUT2D eigenvalue weighted by Crippen LogP contribution is -2.41. The number of rotatable bonds is 3. The van der Waals surface area contributed by atoms with Crippen LogP contribution in [0.25, 0.3) is 0 Å². The largest absolute Gasteiger partial charge is 0.495 e. The van der Waals surface area contributed by atoms with Crippen LogP contribution < -0.4 is 15.8 Å². The highest BCUT2D eigenvalue weighted by Gasteiger charge is 2.35. The van der Waals surface area contributed by atoms with Crippen molar-refractivity contribution in [1.29, 1.82) is 0 Å². The normalized spacial score (nSPS) is 26.3. The lowest BCUT2D eigenvalue weighted by atomic mass is 9.99. The molecule has 2 atom stereocenters. The molecule has 2 unspecified atom stereocenters. The zero-order valence-corrected chi connectivity index (χ0v) is 11.9. The van der Waals surface area contributed by atoms with E-state index < -0.39 is 0 Å². The van der Waals surface area contributed by atoms with Gasteiger partial charge in [0, 0.05) is 30.8 Å². The number of piperidine rings is 1. The highest BCUT2D eigenvalue weighted by atomic mass is 19.1. The van der Waals surface area contributed by atoms with Gasteiger partial charge in [-0.05, 0) is 25.8 Å². The van der Waals surface area contributed by atoms with Crippen molar-refractivity contribution in [3.63, 3.8) is 0 Å². The van der Waals surface area contributed by atoms with Gasteiger partial charge in [-0.3, -0.25) is 4.90 Å². The maximum atomic E-state index is 14.0. The Kier molecular flexibility index (Phi) is 3.70. The van der Waals surface area contributed by atoms with Crippen LogP contribution in [0.1, 0.15) is 25.7 Å². The Morgan fingerprint density at radius 2 is 2.15 bits per heavy atom. The van der Waals surface area contributed by atoms with Gasteiger partial charge in [-0.2, -0.15) is 0 Å². The van der Waals surface area contributed by atoms with Crippen molar-refractivity contribution in [3.8, 4) is 5.75 Å². The molecular weight excluding hydrogens is 257 g/mol. The molecule has 4 nitrogen and oxygen atoms in total. The van der Waals surface area contributed by atoms with Crippen LogP contribution in [0.2, 0.25) is 0 Å². The van der Waals surface area contributed by atoms with Crippen LogP contribution in [0, 0.1) is 5.82 Å². The van der Waals surface area contributed by atoms with Gasteiger partial charge in [-0.15, -0.1) is 0 Å². The molecule has 3 rings (SSSR count). The minimum atomic E-state index is -0.308. The molecule has 2 heterocycles. The predicted octanol–water partition coefficient (Wildman–Crippen LogP) is 2.46. The summed E-state index contributed by atoms with van der Waals surface area (Å²) in [6.45, 7) is 2.28. The summed E-state index contributed by atoms with van der Waals surface area (Å²) in [5, 5.41) is 3.36. The highest BCUT2D eigenvalue weighted by molar-refractivity contribution is 5.62. The van der Waals surface area contributed by atoms with Crippen molar-refractivity contribution < 1.29 is 9.13 Å². The predicted molar refractivity (Wildman–Crippen MR) is 78.6 cm³/mol. The van der Waals surface area contributed by atoms with E-state index in [1.807, 2.05) is 0 Å². The standard InChI is InChI=1S/C15H22FN3O/c1-20-15-9-13(10(16)8-11(15)17)18-12-5-7-19-6-3-2-4-14(12)19/h8-9,12,14,18H,2-7,17H2,1H3. The number of nitrogen functional groups attached to an aromatic ring is 1. The van der Waals surface area contributed by atoms with Gasteiger partial charge in [-0.25, -0.2) is 4.39 Å². The first-order chi connectivity index (χ1) is 9.69. The molecule has 2 aliphatic heterocycles. The first-order valence-corrected chi connectivity index (χ1v) is 7.32. The molecule has 3 N–H and O–H groups in total. The van der Waals surface area contributed by atoms with Crippen molar-refractivity contribution in [3.05, 3.63) is 17.9 Å². The average Bonchev–Trinajstić information content (AvgIpc) is 2.85. The minimum absolute atomic E-state index is 0.308. The zero-order valence-electron chi connectivity index (χ0n) is 11.9. The average molecular weight is 279 g/mol. The second kappa shape index (κ2) is 5.48. The molecule has 1 aromatic rings. The van der Waals surface area contributed by atoms with Crippen molar-refractivity contribution in [2.75, 3.05) is 31.2 Å². The van der Waals surface area contributed by atoms with Crippen LogP contribution in [-0.4, -0.2) is 37.2 Å². The number of nitrogens with one attached hydrogen (secondary N) is 1. The van der Waals surface area contributed by atoms with Gasteiger partial charge in [0.1, 0.15) is 11.6 Å². The first-order valence-electron chi connectivity index (χ1n) is 7.32. The van der Waals surface area contributed by atoms with E-state index in [0.717, 1.165) is 13.0 Å². The molecule has 0 spiro atoms. The number of halogens is 1. The van der Waals surface area contributed by atoms with E-state index >= 15 is 0 Å². The number of ether oxygens (including phenoxy) is 1. The lowest BCUT2D eigenvalue weighted by molar-refractivity contribution is 0.192. The fourth-order valence-electron chi connectivity index (χ4n) is 3.47. The summed E-state index contributed by atoms with van der Waals surface area (Å²) in [5.41, 5.74) is 6.54. The number of methoxy groups -OCH3 is 1. The molecule has 0 amide bonds. The summed E-state index contributed by atoms with van der Waals surface area (Å²) in [7, 11) is 1.55. The second-order valence-electron chi connectivity index (χ2n) is 5.71. The number of benzene rings is 1. The van der Waals surface area contributed by atoms with Crippen LogP contribution in [-0.2, 0) is 0 Å². The van der Waals surface area contributed by atoms with Gasteiger partial charge in [0.15, 0.2) is 0 Å². The molecule has 0 aromatic heterocycles. The van der Waals surface area contributed by atoms with Gasteiger partial charge < -0.3 is 15.8 Å². The summed E-state index contributed by atoms with van der Waals surface area (Å²) in [6, 6.07) is 3.84. The van der Waals surface area contributed by atoms with Crippen LogP contribution in [0.5, 0.6) is 5.75 Å². The molecule has 5 heteroatoms. The SMILES string of the molecule is COc1cc(NC2CCN3CCCCC23)c(F)cc1N. The molecule has 0 bridgehead atoms. The van der Waals surface area contributed by atoms with Crippen molar-refractivity contribution in [2.24, 2.45) is 0 Å². The molecule has 2 saturated heterocycles. The maximum absolute atomic E-state index is 14.0. The summed E-state index contributed by atoms with van der Waals surface area (Å²) in [5.74, 6) is 0.213. The van der Waals surface area contributed by atoms with Gasteiger partial charge in [0.25, 0.3) is 0 Å². The number of hydrogen-bond donors (Lipinski definition) is 2. The Balaban J connectivity index is 1.77. The third kappa shape index (κ3) is 2.42. The molecule has 110 valence electrons. The Morgan fingerprint density at radius 1 is 1.30 bits per heavy atom. The molecule has 0 radical (unpaired) electrons. The lowest BCUT2D eigenvalue weighted by Gasteiger charge is -2.33. The third-order valence-corrected chi connectivity index (χ3v) is 4.52. The number of fused-ring (bicyclic) bond motifs is 1. The Morgan fingerprint density at radius 3 is 2.95 bits per heavy atom. The molecule has 1 aromatic carbocycles. The smallest absolute Gasteiger partial charge is 0.148 e. The van der Waals surface area contributed by atoms with Gasteiger partial charge in [-0.1, -0.05) is 6.42 Å². The third-order valence-electron chi connectivity index (χ3n) is 4.52. The van der Waals surface area contributed by atoms with Crippen molar-refractivity contribution in [1.82, 2.24) is 4.90 Å². The number of nitrogens with zero attached hydrogens (tertiary/aromatic N) is 1. The van der Waals surface area contributed by atoms with Gasteiger partial charge in [0.05, 0.1) is 18.5 Å². The minimum Gasteiger partial charge on any atom is -0.495 e. The van der Waals surface area contributed by atoms with E-state index in [-0.39, 0.29) is 5.82 Å². The van der Waals surface area contributed by atoms with E-state index in [9.17, 15) is 4.39 Å². The number of hydrogen-bond acceptors (Lipinski definition) is 4. The van der Waals surface area contributed by atoms with Crippen molar-refractivity contribution >= 4 is 11.4 Å². The quantitative estimate of drug-likeness (QED) is 0.835. The fraction of sp³-hybridized carbons (Fsp3) is 0.600. The van der Waals surface area contributed by atoms with E-state index in [1.165, 1.54) is 31.9 Å². The van der Waals surface area contributed by atoms with E-state index in [2.05, 4.69) is 10.2 Å². The van der Waals surface area contributed by atoms with Crippen LogP contribution in [0.15, 0.2) is 12.1 Å². The van der Waals surface area contributed by atoms with Gasteiger partial charge in [0.2, 0.25) is 0 Å². The topological polar surface area (TPSA) is 50.5 Å². The van der Waals surface area contributed by atoms with E-state index in [0.29, 0.717) is 29.2 Å². The molecular formula is C15H22FN3O. The summed E-state index contributed by atoms with van der Waals surface area (Å²) in [6.07, 6.45) is 4.82. The van der Waals surface area contributed by atoms with Crippen molar-refractivity contribution in [2.45, 2.75) is 37.8 Å². The second-order valence-corrected chi connectivity index (χ2v) is 5.71. The monoisotopic (exact) mass is 279 g/mol. The first kappa shape index (κ1) is 13.5. The number of nitrogens with two attached hydrogens (primary N) is 1. The van der Waals surface area contributed by atoms with E-state index in [4.69, 9.17) is 10.5 Å². The van der Waals surface area contributed by atoms with E-state index in [1.54, 1.807) is 13.2 Å². The summed E-state index contributed by atoms with van der Waals surface area (Å²) in [4.78, 5) is 2.52. The highest BCUT2D eigenvalue weighted by Crippen LogP contribution is 2.33. The summed E-state index contributed by atoms with van der Waals surface area (Å²) >= 11 is 0. The maximum Gasteiger partial charge on any atom is 0.148 e. The van der Waals surface area contributed by atoms with Crippen LogP contribution in [0.4, 0.5) is 15.8 Å². The van der Waals surface area contributed by atoms with Gasteiger partial charge >= 0.3 is 0 Å². The Bertz CT molecular complexity index is 494. The molecule has 0 aliphatic carbocycles. The molecule has 2 aliphatic rings. The fourth-order valence-corrected chi connectivity index (χ4v) is 3.47. The Labute approximate surface area is 119 Å². The van der Waals surface area contributed by atoms with Crippen LogP contribution >= 0.6 is 0 Å². The summed E-state index contributed by atoms with van der Waals surface area (Å²) < 4.78 is 19.2. The molecule has 0 saturated carbocycles. The molecule has 2 fully saturated rings. The zero-order chi connectivity index (χ0) is 14.1. The number of anilines is 2. The molecule has 20 heavy (non-hydrogen) atoms. The van der Waals surface area contributed by atoms with Crippen LogP contribution in [0.3, 0.4) is 0 Å². The Hall–Kier alpha value is -1.49.